The van der Waals surface area contributed by atoms with Gasteiger partial charge < -0.3 is 15.5 Å². The molecular weight excluding hydrogens is 444 g/mol. The number of thiophene rings is 1. The molecule has 0 radical (unpaired) electrons. The maximum Gasteiger partial charge on any atom is 0.258 e. The van der Waals surface area contributed by atoms with Crippen LogP contribution in [-0.4, -0.2) is 45.8 Å². The van der Waals surface area contributed by atoms with E-state index in [0.29, 0.717) is 11.6 Å². The number of anilines is 2. The fourth-order valence-electron chi connectivity index (χ4n) is 5.12. The summed E-state index contributed by atoms with van der Waals surface area (Å²) in [5.41, 5.74) is 4.50. The van der Waals surface area contributed by atoms with Gasteiger partial charge in [0.05, 0.1) is 10.6 Å². The van der Waals surface area contributed by atoms with Crippen molar-refractivity contribution in [2.24, 2.45) is 7.05 Å². The highest BCUT2D eigenvalue weighted by atomic mass is 32.1. The molecule has 0 atom stereocenters. The number of carbonyl (C=O) groups is 1. The van der Waals surface area contributed by atoms with Gasteiger partial charge in [0.1, 0.15) is 5.52 Å². The minimum absolute atomic E-state index is 0.128. The molecule has 0 bridgehead atoms. The first-order chi connectivity index (χ1) is 16.4. The quantitative estimate of drug-likeness (QED) is 0.436. The molecule has 2 N–H and O–H groups in total. The molecule has 0 unspecified atom stereocenters. The predicted octanol–water partition coefficient (Wildman–Crippen LogP) is 4.77. The second kappa shape index (κ2) is 8.36. The van der Waals surface area contributed by atoms with Gasteiger partial charge in [0.2, 0.25) is 0 Å². The number of hydrogen-bond acceptors (Lipinski definition) is 6. The van der Waals surface area contributed by atoms with E-state index in [9.17, 15) is 4.79 Å². The summed E-state index contributed by atoms with van der Waals surface area (Å²) >= 11 is 1.58. The molecule has 1 aliphatic heterocycles. The zero-order valence-corrected chi connectivity index (χ0v) is 20.7. The largest absolute Gasteiger partial charge is 0.371 e. The van der Waals surface area contributed by atoms with Crippen molar-refractivity contribution in [2.75, 3.05) is 23.3 Å². The van der Waals surface area contributed by atoms with Crippen LogP contribution in [0.4, 0.5) is 10.7 Å². The van der Waals surface area contributed by atoms with E-state index in [1.54, 1.807) is 11.3 Å². The maximum absolute atomic E-state index is 13.3. The van der Waals surface area contributed by atoms with Gasteiger partial charge in [-0.2, -0.15) is 5.10 Å². The highest BCUT2D eigenvalue weighted by Gasteiger charge is 2.28. The van der Waals surface area contributed by atoms with Crippen molar-refractivity contribution < 1.29 is 4.79 Å². The minimum atomic E-state index is -0.128. The molecule has 6 rings (SSSR count). The molecule has 7 nitrogen and oxygen atoms in total. The Kier molecular flexibility index (Phi) is 5.30. The number of piperidine rings is 1. The molecule has 34 heavy (non-hydrogen) atoms. The molecule has 4 aromatic rings. The number of hydrogen-bond donors (Lipinski definition) is 2. The third-order valence-electron chi connectivity index (χ3n) is 6.97. The summed E-state index contributed by atoms with van der Waals surface area (Å²) in [5, 5.41) is 14.5. The fourth-order valence-corrected chi connectivity index (χ4v) is 6.22. The van der Waals surface area contributed by atoms with E-state index in [0.717, 1.165) is 69.4 Å². The minimum Gasteiger partial charge on any atom is -0.371 e. The summed E-state index contributed by atoms with van der Waals surface area (Å²) in [6.45, 7) is 6.05. The van der Waals surface area contributed by atoms with E-state index in [1.165, 1.54) is 18.5 Å². The number of carbonyl (C=O) groups excluding carboxylic acids is 1. The van der Waals surface area contributed by atoms with Crippen molar-refractivity contribution in [3.05, 3.63) is 47.4 Å². The number of nitrogens with zero attached hydrogens (tertiary/aromatic N) is 4. The highest BCUT2D eigenvalue weighted by molar-refractivity contribution is 7.23. The summed E-state index contributed by atoms with van der Waals surface area (Å²) in [4.78, 5) is 20.3. The summed E-state index contributed by atoms with van der Waals surface area (Å²) in [7, 11) is 1.92. The van der Waals surface area contributed by atoms with Crippen molar-refractivity contribution in [1.82, 2.24) is 20.1 Å². The Morgan fingerprint density at radius 3 is 2.59 bits per heavy atom. The Morgan fingerprint density at radius 2 is 1.82 bits per heavy atom. The summed E-state index contributed by atoms with van der Waals surface area (Å²) in [5.74, 6) is -0.128. The molecular formula is C26H30N6OS. The number of benzene rings is 1. The van der Waals surface area contributed by atoms with Gasteiger partial charge >= 0.3 is 0 Å². The number of nitrogens with one attached hydrogen (secondary N) is 2. The molecule has 8 heteroatoms. The normalized spacial score (nSPS) is 17.1. The molecule has 1 saturated carbocycles. The van der Waals surface area contributed by atoms with Crippen molar-refractivity contribution in [2.45, 2.75) is 51.6 Å². The van der Waals surface area contributed by atoms with Crippen LogP contribution in [0.1, 0.15) is 47.4 Å². The van der Waals surface area contributed by atoms with Gasteiger partial charge in [-0.3, -0.25) is 14.5 Å². The number of fused-ring (bicyclic) bond motifs is 2. The lowest BCUT2D eigenvalue weighted by atomic mass is 10.0. The Morgan fingerprint density at radius 1 is 1.06 bits per heavy atom. The van der Waals surface area contributed by atoms with Crippen LogP contribution in [0, 0.1) is 13.8 Å². The Hall–Kier alpha value is -2.97. The SMILES string of the molecule is Cc1cc2sc(NC(=O)c3ccc(N4CCC(NC5CC5)CC4)c4cn(C)nc34)cc2c(C)n1. The van der Waals surface area contributed by atoms with Crippen molar-refractivity contribution in [3.8, 4) is 0 Å². The summed E-state index contributed by atoms with van der Waals surface area (Å²) in [6, 6.07) is 9.49. The van der Waals surface area contributed by atoms with Gasteiger partial charge in [-0.15, -0.1) is 11.3 Å². The maximum atomic E-state index is 13.3. The van der Waals surface area contributed by atoms with E-state index < -0.39 is 0 Å². The monoisotopic (exact) mass is 474 g/mol. The second-order valence-corrected chi connectivity index (χ2v) is 10.8. The van der Waals surface area contributed by atoms with Crippen molar-refractivity contribution in [1.29, 1.82) is 0 Å². The highest BCUT2D eigenvalue weighted by Crippen LogP contribution is 2.34. The van der Waals surface area contributed by atoms with Gasteiger partial charge in [-0.05, 0) is 63.8 Å². The number of amides is 1. The topological polar surface area (TPSA) is 75.1 Å². The molecule has 2 aliphatic rings. The van der Waals surface area contributed by atoms with Crippen LogP contribution >= 0.6 is 11.3 Å². The number of aromatic nitrogens is 3. The van der Waals surface area contributed by atoms with E-state index >= 15 is 0 Å². The van der Waals surface area contributed by atoms with E-state index in [2.05, 4.69) is 37.7 Å². The van der Waals surface area contributed by atoms with Crippen molar-refractivity contribution in [3.63, 3.8) is 0 Å². The lowest BCUT2D eigenvalue weighted by molar-refractivity contribution is 0.102. The van der Waals surface area contributed by atoms with Crippen LogP contribution in [0.15, 0.2) is 30.5 Å². The van der Waals surface area contributed by atoms with E-state index in [-0.39, 0.29) is 5.91 Å². The zero-order valence-electron chi connectivity index (χ0n) is 19.9. The molecule has 1 aliphatic carbocycles. The average molecular weight is 475 g/mol. The number of aryl methyl sites for hydroxylation is 3. The third-order valence-corrected chi connectivity index (χ3v) is 7.97. The predicted molar refractivity (Wildman–Crippen MR) is 139 cm³/mol. The van der Waals surface area contributed by atoms with Crippen LogP contribution in [0.25, 0.3) is 21.0 Å². The molecule has 3 aromatic heterocycles. The van der Waals surface area contributed by atoms with Gasteiger partial charge in [0.15, 0.2) is 0 Å². The van der Waals surface area contributed by atoms with Crippen LogP contribution in [0.2, 0.25) is 0 Å². The molecule has 2 fully saturated rings. The standard InChI is InChI=1S/C26H30N6OS/c1-15-12-23-20(16(2)27-15)13-24(34-23)29-26(33)19-6-7-22(21-14-31(3)30-25(19)21)32-10-8-18(9-11-32)28-17-4-5-17/h6-7,12-14,17-18,28H,4-5,8-11H2,1-3H3,(H,29,33). The van der Waals surface area contributed by atoms with E-state index in [1.807, 2.05) is 43.9 Å². The molecule has 1 aromatic carbocycles. The lowest BCUT2D eigenvalue weighted by Crippen LogP contribution is -2.43. The van der Waals surface area contributed by atoms with Crippen LogP contribution < -0.4 is 15.5 Å². The first-order valence-electron chi connectivity index (χ1n) is 12.1. The molecule has 176 valence electrons. The molecule has 4 heterocycles. The number of rotatable bonds is 5. The fraction of sp³-hybridized carbons (Fsp3) is 0.423. The Bertz CT molecular complexity index is 1390. The van der Waals surface area contributed by atoms with Crippen molar-refractivity contribution >= 4 is 48.9 Å². The van der Waals surface area contributed by atoms with Crippen LogP contribution in [0.5, 0.6) is 0 Å². The van der Waals surface area contributed by atoms with Gasteiger partial charge in [0.25, 0.3) is 5.91 Å². The van der Waals surface area contributed by atoms with Gasteiger partial charge in [-0.25, -0.2) is 0 Å². The molecule has 1 saturated heterocycles. The Labute approximate surface area is 203 Å². The van der Waals surface area contributed by atoms with Crippen LogP contribution in [0.3, 0.4) is 0 Å². The zero-order chi connectivity index (χ0) is 23.4. The van der Waals surface area contributed by atoms with Gasteiger partial charge in [-0.1, -0.05) is 0 Å². The first kappa shape index (κ1) is 21.6. The first-order valence-corrected chi connectivity index (χ1v) is 12.9. The molecule has 0 spiro atoms. The average Bonchev–Trinajstić information content (AvgIpc) is 3.38. The summed E-state index contributed by atoms with van der Waals surface area (Å²) < 4.78 is 2.95. The second-order valence-electron chi connectivity index (χ2n) is 9.73. The smallest absolute Gasteiger partial charge is 0.258 e. The molecule has 1 amide bonds. The third kappa shape index (κ3) is 4.05. The lowest BCUT2D eigenvalue weighted by Gasteiger charge is -2.34. The summed E-state index contributed by atoms with van der Waals surface area (Å²) in [6.07, 6.45) is 7.00. The van der Waals surface area contributed by atoms with Gasteiger partial charge in [0, 0.05) is 71.0 Å². The van der Waals surface area contributed by atoms with Crippen LogP contribution in [-0.2, 0) is 7.05 Å². The Balaban J connectivity index is 1.26. The number of pyridine rings is 1. The van der Waals surface area contributed by atoms with E-state index in [4.69, 9.17) is 0 Å².